The van der Waals surface area contributed by atoms with Crippen LogP contribution in [0, 0.1) is 0 Å². The molecule has 6 heteroatoms. The Morgan fingerprint density at radius 3 is 2.61 bits per heavy atom. The van der Waals surface area contributed by atoms with E-state index in [0.717, 1.165) is 35.6 Å². The molecule has 0 radical (unpaired) electrons. The first-order valence-corrected chi connectivity index (χ1v) is 7.75. The molecule has 0 fully saturated rings. The van der Waals surface area contributed by atoms with E-state index in [4.69, 9.17) is 21.7 Å². The third-order valence-electron chi connectivity index (χ3n) is 3.32. The molecular weight excluding hydrogens is 310 g/mol. The highest BCUT2D eigenvalue weighted by Crippen LogP contribution is 2.27. The van der Waals surface area contributed by atoms with E-state index in [1.807, 2.05) is 36.5 Å². The van der Waals surface area contributed by atoms with Gasteiger partial charge in [-0.25, -0.2) is 0 Å². The normalized spacial score (nSPS) is 10.0. The summed E-state index contributed by atoms with van der Waals surface area (Å²) in [5, 5.41) is 6.99. The predicted molar refractivity (Wildman–Crippen MR) is 94.9 cm³/mol. The highest BCUT2D eigenvalue weighted by atomic mass is 32.1. The van der Waals surface area contributed by atoms with Crippen LogP contribution in [0.4, 0.5) is 0 Å². The van der Waals surface area contributed by atoms with Gasteiger partial charge in [0.2, 0.25) is 0 Å². The molecule has 2 N–H and O–H groups in total. The number of rotatable bonds is 7. The van der Waals surface area contributed by atoms with Gasteiger partial charge in [-0.3, -0.25) is 4.98 Å². The van der Waals surface area contributed by atoms with Crippen molar-refractivity contribution in [2.45, 2.75) is 13.0 Å². The molecule has 23 heavy (non-hydrogen) atoms. The molecule has 0 amide bonds. The lowest BCUT2D eigenvalue weighted by atomic mass is 10.1. The van der Waals surface area contributed by atoms with Gasteiger partial charge in [0.1, 0.15) is 0 Å². The van der Waals surface area contributed by atoms with Gasteiger partial charge in [0, 0.05) is 25.5 Å². The van der Waals surface area contributed by atoms with Gasteiger partial charge in [-0.05, 0) is 48.0 Å². The predicted octanol–water partition coefficient (Wildman–Crippen LogP) is 2.31. The van der Waals surface area contributed by atoms with Crippen LogP contribution in [0.5, 0.6) is 11.5 Å². The molecular formula is C17H21N3O2S. The fourth-order valence-corrected chi connectivity index (χ4v) is 2.28. The lowest BCUT2D eigenvalue weighted by Gasteiger charge is -2.12. The lowest BCUT2D eigenvalue weighted by molar-refractivity contribution is 0.354. The van der Waals surface area contributed by atoms with Crippen LogP contribution in [0.3, 0.4) is 0 Å². The zero-order valence-corrected chi connectivity index (χ0v) is 14.2. The molecule has 2 rings (SSSR count). The highest BCUT2D eigenvalue weighted by Gasteiger charge is 2.04. The van der Waals surface area contributed by atoms with Crippen molar-refractivity contribution in [1.29, 1.82) is 0 Å². The number of hydrogen-bond acceptors (Lipinski definition) is 4. The van der Waals surface area contributed by atoms with Crippen molar-refractivity contribution in [3.8, 4) is 11.5 Å². The minimum atomic E-state index is 0.634. The third kappa shape index (κ3) is 5.41. The molecule has 0 atom stereocenters. The number of methoxy groups -OCH3 is 2. The second-order valence-electron chi connectivity index (χ2n) is 4.91. The number of nitrogens with one attached hydrogen (secondary N) is 2. The summed E-state index contributed by atoms with van der Waals surface area (Å²) >= 11 is 5.27. The summed E-state index contributed by atoms with van der Waals surface area (Å²) in [5.74, 6) is 1.47. The van der Waals surface area contributed by atoms with Crippen LogP contribution in [0.1, 0.15) is 11.1 Å². The average molecular weight is 331 g/mol. The van der Waals surface area contributed by atoms with E-state index in [0.29, 0.717) is 11.7 Å². The first-order chi connectivity index (χ1) is 11.2. The molecule has 1 heterocycles. The molecule has 2 aromatic rings. The molecule has 0 aliphatic carbocycles. The zero-order chi connectivity index (χ0) is 16.5. The molecule has 0 aliphatic rings. The maximum atomic E-state index is 5.30. The minimum absolute atomic E-state index is 0.634. The van der Waals surface area contributed by atoms with Gasteiger partial charge in [-0.15, -0.1) is 0 Å². The summed E-state index contributed by atoms with van der Waals surface area (Å²) in [4.78, 5) is 4.07. The number of hydrogen-bond donors (Lipinski definition) is 2. The Bertz CT molecular complexity index is 635. The van der Waals surface area contributed by atoms with Crippen molar-refractivity contribution in [3.05, 3.63) is 53.9 Å². The molecule has 0 spiro atoms. The van der Waals surface area contributed by atoms with Crippen LogP contribution in [-0.4, -0.2) is 30.9 Å². The topological polar surface area (TPSA) is 55.4 Å². The van der Waals surface area contributed by atoms with Crippen molar-refractivity contribution in [2.24, 2.45) is 0 Å². The second-order valence-corrected chi connectivity index (χ2v) is 5.32. The Morgan fingerprint density at radius 2 is 1.91 bits per heavy atom. The summed E-state index contributed by atoms with van der Waals surface area (Å²) in [6.07, 6.45) is 4.41. The first kappa shape index (κ1) is 17.0. The van der Waals surface area contributed by atoms with Gasteiger partial charge >= 0.3 is 0 Å². The van der Waals surface area contributed by atoms with E-state index < -0.39 is 0 Å². The second kappa shape index (κ2) is 8.95. The maximum absolute atomic E-state index is 5.30. The monoisotopic (exact) mass is 331 g/mol. The van der Waals surface area contributed by atoms with E-state index in [1.54, 1.807) is 20.4 Å². The average Bonchev–Trinajstić information content (AvgIpc) is 2.60. The Labute approximate surface area is 142 Å². The first-order valence-electron chi connectivity index (χ1n) is 7.34. The van der Waals surface area contributed by atoms with Crippen molar-refractivity contribution in [3.63, 3.8) is 0 Å². The van der Waals surface area contributed by atoms with Crippen LogP contribution in [-0.2, 0) is 13.0 Å². The summed E-state index contributed by atoms with van der Waals surface area (Å²) < 4.78 is 10.5. The van der Waals surface area contributed by atoms with Gasteiger partial charge in [-0.1, -0.05) is 12.1 Å². The van der Waals surface area contributed by atoms with E-state index in [-0.39, 0.29) is 0 Å². The number of ether oxygens (including phenoxy) is 2. The summed E-state index contributed by atoms with van der Waals surface area (Å²) in [6, 6.07) is 9.83. The SMILES string of the molecule is COc1ccc(CCNC(=S)NCc2cccnc2)cc1OC. The number of pyridine rings is 1. The highest BCUT2D eigenvalue weighted by molar-refractivity contribution is 7.80. The quantitative estimate of drug-likeness (QED) is 0.760. The number of aromatic nitrogens is 1. The molecule has 0 aliphatic heterocycles. The Balaban J connectivity index is 1.75. The van der Waals surface area contributed by atoms with Crippen molar-refractivity contribution < 1.29 is 9.47 Å². The van der Waals surface area contributed by atoms with Crippen LogP contribution in [0.25, 0.3) is 0 Å². The van der Waals surface area contributed by atoms with E-state index >= 15 is 0 Å². The molecule has 1 aromatic heterocycles. The van der Waals surface area contributed by atoms with Gasteiger partial charge in [0.05, 0.1) is 14.2 Å². The van der Waals surface area contributed by atoms with Gasteiger partial charge < -0.3 is 20.1 Å². The zero-order valence-electron chi connectivity index (χ0n) is 13.3. The van der Waals surface area contributed by atoms with Crippen LogP contribution >= 0.6 is 12.2 Å². The summed E-state index contributed by atoms with van der Waals surface area (Å²) in [7, 11) is 3.27. The molecule has 1 aromatic carbocycles. The molecule has 122 valence electrons. The van der Waals surface area contributed by atoms with Gasteiger partial charge in [0.25, 0.3) is 0 Å². The number of thiocarbonyl (C=S) groups is 1. The Hall–Kier alpha value is -2.34. The van der Waals surface area contributed by atoms with E-state index in [1.165, 1.54) is 0 Å². The molecule has 5 nitrogen and oxygen atoms in total. The molecule has 0 saturated carbocycles. The van der Waals surface area contributed by atoms with Crippen molar-refractivity contribution >= 4 is 17.3 Å². The third-order valence-corrected chi connectivity index (χ3v) is 3.61. The largest absolute Gasteiger partial charge is 0.493 e. The van der Waals surface area contributed by atoms with Gasteiger partial charge in [-0.2, -0.15) is 0 Å². The molecule has 0 bridgehead atoms. The summed E-state index contributed by atoms with van der Waals surface area (Å²) in [6.45, 7) is 1.41. The lowest BCUT2D eigenvalue weighted by Crippen LogP contribution is -2.35. The smallest absolute Gasteiger partial charge is 0.166 e. The van der Waals surface area contributed by atoms with Crippen molar-refractivity contribution in [1.82, 2.24) is 15.6 Å². The van der Waals surface area contributed by atoms with Gasteiger partial charge in [0.15, 0.2) is 16.6 Å². The summed E-state index contributed by atoms with van der Waals surface area (Å²) in [5.41, 5.74) is 2.25. The maximum Gasteiger partial charge on any atom is 0.166 e. The number of benzene rings is 1. The van der Waals surface area contributed by atoms with Crippen molar-refractivity contribution in [2.75, 3.05) is 20.8 Å². The van der Waals surface area contributed by atoms with Crippen LogP contribution in [0.15, 0.2) is 42.7 Å². The minimum Gasteiger partial charge on any atom is -0.493 e. The van der Waals surface area contributed by atoms with E-state index in [2.05, 4.69) is 15.6 Å². The fraction of sp³-hybridized carbons (Fsp3) is 0.294. The molecule has 0 unspecified atom stereocenters. The van der Waals surface area contributed by atoms with E-state index in [9.17, 15) is 0 Å². The number of nitrogens with zero attached hydrogens (tertiary/aromatic N) is 1. The Kier molecular flexibility index (Phi) is 6.62. The van der Waals surface area contributed by atoms with Crippen LogP contribution < -0.4 is 20.1 Å². The molecule has 0 saturated heterocycles. The standard InChI is InChI=1S/C17H21N3O2S/c1-21-15-6-5-13(10-16(15)22-2)7-9-19-17(23)20-12-14-4-3-8-18-11-14/h3-6,8,10-11H,7,9,12H2,1-2H3,(H2,19,20,23). The fourth-order valence-electron chi connectivity index (χ4n) is 2.10. The Morgan fingerprint density at radius 1 is 1.09 bits per heavy atom. The van der Waals surface area contributed by atoms with Crippen LogP contribution in [0.2, 0.25) is 0 Å².